The Kier molecular flexibility index (Phi) is 12.9. The molecule has 2 rings (SSSR count). The molecule has 1 atom stereocenters. The van der Waals surface area contributed by atoms with E-state index in [1.165, 1.54) is 12.8 Å². The number of nitrogens with one attached hydrogen (secondary N) is 2. The lowest BCUT2D eigenvalue weighted by atomic mass is 10.3. The van der Waals surface area contributed by atoms with Gasteiger partial charge in [-0.1, -0.05) is 0 Å². The Hall–Kier alpha value is -0.120. The largest absolute Gasteiger partial charge is 0.381 e. The lowest BCUT2D eigenvalue weighted by Gasteiger charge is -2.13. The minimum Gasteiger partial charge on any atom is -0.381 e. The Bertz CT molecular complexity index is 335. The van der Waals surface area contributed by atoms with Crippen LogP contribution < -0.4 is 10.6 Å². The number of rotatable bonds is 12. The van der Waals surface area contributed by atoms with Crippen molar-refractivity contribution in [1.82, 2.24) is 10.6 Å². The van der Waals surface area contributed by atoms with Gasteiger partial charge in [-0.15, -0.1) is 24.0 Å². The van der Waals surface area contributed by atoms with Crippen molar-refractivity contribution in [2.75, 3.05) is 52.7 Å². The topological polar surface area (TPSA) is 64.1 Å². The lowest BCUT2D eigenvalue weighted by Crippen LogP contribution is -2.38. The van der Waals surface area contributed by atoms with Crippen LogP contribution in [0.2, 0.25) is 0 Å². The van der Waals surface area contributed by atoms with E-state index in [4.69, 9.17) is 14.2 Å². The summed E-state index contributed by atoms with van der Waals surface area (Å²) in [6.07, 6.45) is 5.99. The number of hydrogen-bond donors (Lipinski definition) is 2. The third kappa shape index (κ3) is 10.7. The molecule has 0 bridgehead atoms. The Balaban J connectivity index is 0.00000288. The minimum absolute atomic E-state index is 0. The van der Waals surface area contributed by atoms with Crippen LogP contribution in [0.5, 0.6) is 0 Å². The molecule has 0 amide bonds. The molecular formula is C17H34IN3O3. The van der Waals surface area contributed by atoms with Crippen molar-refractivity contribution in [3.63, 3.8) is 0 Å². The molecule has 142 valence electrons. The van der Waals surface area contributed by atoms with Crippen molar-refractivity contribution in [2.24, 2.45) is 10.9 Å². The van der Waals surface area contributed by atoms with E-state index >= 15 is 0 Å². The summed E-state index contributed by atoms with van der Waals surface area (Å²) in [5, 5.41) is 6.62. The Morgan fingerprint density at radius 2 is 2.04 bits per heavy atom. The van der Waals surface area contributed by atoms with Crippen LogP contribution >= 0.6 is 24.0 Å². The van der Waals surface area contributed by atoms with Crippen molar-refractivity contribution < 1.29 is 14.2 Å². The van der Waals surface area contributed by atoms with E-state index in [-0.39, 0.29) is 24.0 Å². The van der Waals surface area contributed by atoms with E-state index in [9.17, 15) is 0 Å². The van der Waals surface area contributed by atoms with Gasteiger partial charge in [0.15, 0.2) is 5.96 Å². The summed E-state index contributed by atoms with van der Waals surface area (Å²) < 4.78 is 16.7. The molecule has 7 heteroatoms. The highest BCUT2D eigenvalue weighted by atomic mass is 127. The van der Waals surface area contributed by atoms with Crippen LogP contribution in [-0.2, 0) is 14.2 Å². The molecule has 24 heavy (non-hydrogen) atoms. The van der Waals surface area contributed by atoms with Gasteiger partial charge in [-0.25, -0.2) is 0 Å². The van der Waals surface area contributed by atoms with Crippen LogP contribution in [-0.4, -0.2) is 64.7 Å². The first kappa shape index (κ1) is 21.9. The van der Waals surface area contributed by atoms with Gasteiger partial charge >= 0.3 is 0 Å². The standard InChI is InChI=1S/C17H33N3O3.HI/c1-2-18-17(19-8-3-10-21-13-15-5-6-15)20-9-4-11-23-16-7-12-22-14-16;/h15-16H,2-14H2,1H3,(H2,18,19,20);1H. The van der Waals surface area contributed by atoms with Gasteiger partial charge < -0.3 is 24.8 Å². The van der Waals surface area contributed by atoms with E-state index in [1.807, 2.05) is 0 Å². The quantitative estimate of drug-likeness (QED) is 0.205. The summed E-state index contributed by atoms with van der Waals surface area (Å²) >= 11 is 0. The molecule has 1 saturated carbocycles. The van der Waals surface area contributed by atoms with Crippen LogP contribution in [0, 0.1) is 5.92 Å². The Labute approximate surface area is 163 Å². The molecule has 0 radical (unpaired) electrons. The summed E-state index contributed by atoms with van der Waals surface area (Å²) in [5.41, 5.74) is 0. The average molecular weight is 455 g/mol. The number of guanidine groups is 1. The summed E-state index contributed by atoms with van der Waals surface area (Å²) in [5.74, 6) is 1.73. The van der Waals surface area contributed by atoms with Gasteiger partial charge in [0.05, 0.1) is 12.7 Å². The van der Waals surface area contributed by atoms with Crippen molar-refractivity contribution in [3.05, 3.63) is 0 Å². The van der Waals surface area contributed by atoms with Crippen LogP contribution in [0.25, 0.3) is 0 Å². The first-order valence-corrected chi connectivity index (χ1v) is 9.17. The van der Waals surface area contributed by atoms with Crippen LogP contribution in [0.1, 0.15) is 39.0 Å². The number of hydrogen-bond acceptors (Lipinski definition) is 4. The molecule has 0 aromatic carbocycles. The van der Waals surface area contributed by atoms with Crippen molar-refractivity contribution in [1.29, 1.82) is 0 Å². The molecule has 0 aromatic heterocycles. The molecule has 0 spiro atoms. The van der Waals surface area contributed by atoms with Crippen molar-refractivity contribution in [3.8, 4) is 0 Å². The maximum atomic E-state index is 5.75. The molecule has 1 heterocycles. The van der Waals surface area contributed by atoms with Crippen molar-refractivity contribution >= 4 is 29.9 Å². The third-order valence-electron chi connectivity index (χ3n) is 3.97. The molecule has 2 N–H and O–H groups in total. The minimum atomic E-state index is 0. The fourth-order valence-corrected chi connectivity index (χ4v) is 2.41. The summed E-state index contributed by atoms with van der Waals surface area (Å²) in [7, 11) is 0. The third-order valence-corrected chi connectivity index (χ3v) is 3.97. The van der Waals surface area contributed by atoms with E-state index in [2.05, 4.69) is 22.5 Å². The fourth-order valence-electron chi connectivity index (χ4n) is 2.41. The molecule has 6 nitrogen and oxygen atoms in total. The predicted molar refractivity (Wildman–Crippen MR) is 107 cm³/mol. The van der Waals surface area contributed by atoms with Crippen LogP contribution in [0.15, 0.2) is 4.99 Å². The lowest BCUT2D eigenvalue weighted by molar-refractivity contribution is 0.0420. The zero-order valence-electron chi connectivity index (χ0n) is 14.9. The number of ether oxygens (including phenoxy) is 3. The second kappa shape index (κ2) is 14.1. The highest BCUT2D eigenvalue weighted by Gasteiger charge is 2.20. The molecular weight excluding hydrogens is 421 g/mol. The molecule has 1 aliphatic heterocycles. The monoisotopic (exact) mass is 455 g/mol. The first-order chi connectivity index (χ1) is 11.4. The molecule has 1 unspecified atom stereocenters. The van der Waals surface area contributed by atoms with E-state index in [0.717, 1.165) is 83.8 Å². The number of aliphatic imine (C=N–C) groups is 1. The Morgan fingerprint density at radius 3 is 2.75 bits per heavy atom. The second-order valence-corrected chi connectivity index (χ2v) is 6.27. The van der Waals surface area contributed by atoms with Crippen molar-refractivity contribution in [2.45, 2.75) is 45.1 Å². The maximum Gasteiger partial charge on any atom is 0.191 e. The summed E-state index contributed by atoms with van der Waals surface area (Å²) in [4.78, 5) is 4.57. The number of halogens is 1. The molecule has 2 fully saturated rings. The number of nitrogens with zero attached hydrogens (tertiary/aromatic N) is 1. The van der Waals surface area contributed by atoms with Gasteiger partial charge in [-0.05, 0) is 44.9 Å². The molecule has 0 aromatic rings. The zero-order chi connectivity index (χ0) is 16.2. The highest BCUT2D eigenvalue weighted by Crippen LogP contribution is 2.28. The Morgan fingerprint density at radius 1 is 1.17 bits per heavy atom. The van der Waals surface area contributed by atoms with Gasteiger partial charge in [0.25, 0.3) is 0 Å². The normalized spacial score (nSPS) is 20.7. The average Bonchev–Trinajstić information content (AvgIpc) is 3.23. The second-order valence-electron chi connectivity index (χ2n) is 6.27. The van der Waals surface area contributed by atoms with Crippen LogP contribution in [0.4, 0.5) is 0 Å². The van der Waals surface area contributed by atoms with E-state index in [0.29, 0.717) is 6.10 Å². The van der Waals surface area contributed by atoms with Gasteiger partial charge in [-0.3, -0.25) is 4.99 Å². The molecule has 2 aliphatic rings. The summed E-state index contributed by atoms with van der Waals surface area (Å²) in [6.45, 7) is 8.75. The highest BCUT2D eigenvalue weighted by molar-refractivity contribution is 14.0. The van der Waals surface area contributed by atoms with Crippen LogP contribution in [0.3, 0.4) is 0 Å². The summed E-state index contributed by atoms with van der Waals surface area (Å²) in [6, 6.07) is 0. The SMILES string of the molecule is CCNC(=NCCCOCC1CC1)NCCCOC1CCOC1.I. The molecule has 1 aliphatic carbocycles. The predicted octanol–water partition coefficient (Wildman–Crippen LogP) is 2.17. The van der Waals surface area contributed by atoms with E-state index < -0.39 is 0 Å². The smallest absolute Gasteiger partial charge is 0.191 e. The first-order valence-electron chi connectivity index (χ1n) is 9.17. The van der Waals surface area contributed by atoms with E-state index in [1.54, 1.807) is 0 Å². The van der Waals surface area contributed by atoms with Gasteiger partial charge in [0.2, 0.25) is 0 Å². The fraction of sp³-hybridized carbons (Fsp3) is 0.941. The zero-order valence-corrected chi connectivity index (χ0v) is 17.3. The molecule has 1 saturated heterocycles. The van der Waals surface area contributed by atoms with Gasteiger partial charge in [0, 0.05) is 46.1 Å². The van der Waals surface area contributed by atoms with Gasteiger partial charge in [0.1, 0.15) is 0 Å². The van der Waals surface area contributed by atoms with Gasteiger partial charge in [-0.2, -0.15) is 0 Å². The maximum absolute atomic E-state index is 5.75.